The number of hydrogen-bond acceptors (Lipinski definition) is 7. The molecule has 1 N–H and O–H groups in total. The third-order valence-electron chi connectivity index (χ3n) is 6.87. The minimum absolute atomic E-state index is 0.471. The summed E-state index contributed by atoms with van der Waals surface area (Å²) >= 11 is 0. The van der Waals surface area contributed by atoms with Crippen LogP contribution in [0.2, 0.25) is 0 Å². The van der Waals surface area contributed by atoms with E-state index in [0.717, 1.165) is 98.9 Å². The lowest BCUT2D eigenvalue weighted by Crippen LogP contribution is -2.43. The maximum absolute atomic E-state index is 6.13. The molecule has 6 rings (SSSR count). The zero-order valence-electron chi connectivity index (χ0n) is 19.6. The van der Waals surface area contributed by atoms with Gasteiger partial charge in [-0.15, -0.1) is 0 Å². The number of benzene rings is 2. The van der Waals surface area contributed by atoms with Gasteiger partial charge in [-0.3, -0.25) is 9.47 Å². The van der Waals surface area contributed by atoms with Crippen LogP contribution in [0.4, 0.5) is 5.69 Å². The molecule has 2 saturated heterocycles. The lowest BCUT2D eigenvalue weighted by Gasteiger charge is -2.30. The van der Waals surface area contributed by atoms with Gasteiger partial charge in [0.05, 0.1) is 31.7 Å². The molecular formula is C26H31N5O3. The van der Waals surface area contributed by atoms with E-state index in [1.54, 1.807) is 7.11 Å². The molecule has 178 valence electrons. The number of nitrogens with zero attached hydrogens (tertiary/aromatic N) is 4. The summed E-state index contributed by atoms with van der Waals surface area (Å²) in [6, 6.07) is 12.9. The molecule has 3 aromatic rings. The molecule has 3 aliphatic heterocycles. The van der Waals surface area contributed by atoms with Crippen LogP contribution < -0.4 is 19.7 Å². The van der Waals surface area contributed by atoms with Crippen LogP contribution >= 0.6 is 0 Å². The molecule has 8 heteroatoms. The molecule has 0 radical (unpaired) electrons. The Morgan fingerprint density at radius 3 is 2.71 bits per heavy atom. The monoisotopic (exact) mass is 461 g/mol. The minimum atomic E-state index is 0.471. The number of methoxy groups -OCH3 is 1. The van der Waals surface area contributed by atoms with Gasteiger partial charge in [0.1, 0.15) is 18.1 Å². The van der Waals surface area contributed by atoms with Crippen molar-refractivity contribution in [3.8, 4) is 28.3 Å². The van der Waals surface area contributed by atoms with Gasteiger partial charge in [-0.2, -0.15) is 0 Å². The lowest BCUT2D eigenvalue weighted by atomic mass is 10.0. The molecule has 0 bridgehead atoms. The fourth-order valence-corrected chi connectivity index (χ4v) is 5.02. The normalized spacial score (nSPS) is 18.2. The van der Waals surface area contributed by atoms with Crippen LogP contribution in [0.25, 0.3) is 16.8 Å². The second-order valence-corrected chi connectivity index (χ2v) is 9.00. The maximum atomic E-state index is 6.13. The van der Waals surface area contributed by atoms with Gasteiger partial charge in [0.15, 0.2) is 5.82 Å². The summed E-state index contributed by atoms with van der Waals surface area (Å²) in [5.74, 6) is 2.69. The second kappa shape index (κ2) is 9.29. The molecule has 3 aliphatic rings. The maximum Gasteiger partial charge on any atom is 0.151 e. The average molecular weight is 462 g/mol. The van der Waals surface area contributed by atoms with Gasteiger partial charge in [0.2, 0.25) is 0 Å². The third kappa shape index (κ3) is 4.13. The quantitative estimate of drug-likeness (QED) is 0.627. The first-order valence-corrected chi connectivity index (χ1v) is 12.1. The highest BCUT2D eigenvalue weighted by Crippen LogP contribution is 2.39. The topological polar surface area (TPSA) is 64.0 Å². The van der Waals surface area contributed by atoms with Gasteiger partial charge in [0.25, 0.3) is 0 Å². The summed E-state index contributed by atoms with van der Waals surface area (Å²) in [5, 5.41) is 3.41. The highest BCUT2D eigenvalue weighted by molar-refractivity contribution is 5.76. The van der Waals surface area contributed by atoms with Crippen molar-refractivity contribution in [2.45, 2.75) is 13.2 Å². The number of fused-ring (bicyclic) bond motifs is 3. The SMILES string of the molecule is COc1cc(N2CCNCC2)ccc1-c1ccc2c(c1)OCc1nc(CN3CCOCC3)cn1-2. The lowest BCUT2D eigenvalue weighted by molar-refractivity contribution is 0.0337. The average Bonchev–Trinajstić information content (AvgIpc) is 3.32. The number of anilines is 1. The van der Waals surface area contributed by atoms with Gasteiger partial charge in [-0.25, -0.2) is 4.98 Å². The van der Waals surface area contributed by atoms with Crippen molar-refractivity contribution in [1.29, 1.82) is 0 Å². The van der Waals surface area contributed by atoms with Crippen molar-refractivity contribution in [2.24, 2.45) is 0 Å². The molecule has 2 aromatic carbocycles. The molecule has 8 nitrogen and oxygen atoms in total. The fourth-order valence-electron chi connectivity index (χ4n) is 5.02. The molecular weight excluding hydrogens is 430 g/mol. The van der Waals surface area contributed by atoms with E-state index < -0.39 is 0 Å². The van der Waals surface area contributed by atoms with E-state index in [1.807, 2.05) is 0 Å². The molecule has 0 spiro atoms. The zero-order chi connectivity index (χ0) is 22.9. The van der Waals surface area contributed by atoms with Crippen LogP contribution in [-0.2, 0) is 17.9 Å². The van der Waals surface area contributed by atoms with E-state index >= 15 is 0 Å². The number of imidazole rings is 1. The molecule has 0 aliphatic carbocycles. The van der Waals surface area contributed by atoms with Gasteiger partial charge < -0.3 is 24.4 Å². The van der Waals surface area contributed by atoms with Crippen LogP contribution in [-0.4, -0.2) is 74.0 Å². The Hall–Kier alpha value is -3.07. The largest absolute Gasteiger partial charge is 0.496 e. The van der Waals surface area contributed by atoms with Crippen LogP contribution in [0.1, 0.15) is 11.5 Å². The van der Waals surface area contributed by atoms with Crippen LogP contribution in [0.15, 0.2) is 42.6 Å². The summed E-state index contributed by atoms with van der Waals surface area (Å²) < 4.78 is 19.6. The Morgan fingerprint density at radius 1 is 1.03 bits per heavy atom. The van der Waals surface area contributed by atoms with E-state index in [0.29, 0.717) is 6.61 Å². The standard InChI is InChI=1S/C26H31N5O3/c1-32-24-15-21(30-8-6-27-7-9-30)3-4-22(24)19-2-5-23-25(14-19)34-18-26-28-20(17-31(23)26)16-29-10-12-33-13-11-29/h2-5,14-15,17,27H,6-13,16,18H2,1H3. The van der Waals surface area contributed by atoms with Crippen LogP contribution in [0, 0.1) is 0 Å². The number of piperazine rings is 1. The molecule has 2 fully saturated rings. The second-order valence-electron chi connectivity index (χ2n) is 9.00. The van der Waals surface area contributed by atoms with Crippen molar-refractivity contribution < 1.29 is 14.2 Å². The highest BCUT2D eigenvalue weighted by atomic mass is 16.5. The number of morpholine rings is 1. The number of aromatic nitrogens is 2. The van der Waals surface area contributed by atoms with Crippen molar-refractivity contribution in [3.63, 3.8) is 0 Å². The van der Waals surface area contributed by atoms with Crippen LogP contribution in [0.3, 0.4) is 0 Å². The Kier molecular flexibility index (Phi) is 5.86. The number of rotatable bonds is 5. The summed E-state index contributed by atoms with van der Waals surface area (Å²) in [5.41, 5.74) is 5.45. The van der Waals surface area contributed by atoms with Crippen molar-refractivity contribution in [3.05, 3.63) is 54.1 Å². The Morgan fingerprint density at radius 2 is 1.88 bits per heavy atom. The Balaban J connectivity index is 1.26. The predicted octanol–water partition coefficient (Wildman–Crippen LogP) is 2.68. The fraction of sp³-hybridized carbons (Fsp3) is 0.423. The first-order valence-electron chi connectivity index (χ1n) is 12.1. The molecule has 0 saturated carbocycles. The predicted molar refractivity (Wildman–Crippen MR) is 131 cm³/mol. The van der Waals surface area contributed by atoms with Gasteiger partial charge >= 0.3 is 0 Å². The van der Waals surface area contributed by atoms with E-state index in [2.05, 4.69) is 62.3 Å². The molecule has 34 heavy (non-hydrogen) atoms. The van der Waals surface area contributed by atoms with E-state index in [9.17, 15) is 0 Å². The van der Waals surface area contributed by atoms with Gasteiger partial charge in [0, 0.05) is 69.3 Å². The summed E-state index contributed by atoms with van der Waals surface area (Å²) in [6.45, 7) is 8.84. The van der Waals surface area contributed by atoms with Gasteiger partial charge in [-0.1, -0.05) is 6.07 Å². The summed E-state index contributed by atoms with van der Waals surface area (Å²) in [7, 11) is 1.74. The molecule has 0 atom stereocenters. The molecule has 0 unspecified atom stereocenters. The van der Waals surface area contributed by atoms with Crippen LogP contribution in [0.5, 0.6) is 11.5 Å². The molecule has 1 aromatic heterocycles. The number of nitrogens with one attached hydrogen (secondary N) is 1. The van der Waals surface area contributed by atoms with Crippen molar-refractivity contribution in [1.82, 2.24) is 19.8 Å². The summed E-state index contributed by atoms with van der Waals surface area (Å²) in [6.07, 6.45) is 2.15. The zero-order valence-corrected chi connectivity index (χ0v) is 19.6. The Labute approximate surface area is 200 Å². The first-order chi connectivity index (χ1) is 16.8. The smallest absolute Gasteiger partial charge is 0.151 e. The van der Waals surface area contributed by atoms with Crippen molar-refractivity contribution >= 4 is 5.69 Å². The van der Waals surface area contributed by atoms with Crippen molar-refractivity contribution in [2.75, 3.05) is 64.5 Å². The minimum Gasteiger partial charge on any atom is -0.496 e. The van der Waals surface area contributed by atoms with E-state index in [-0.39, 0.29) is 0 Å². The van der Waals surface area contributed by atoms with E-state index in [4.69, 9.17) is 19.2 Å². The number of hydrogen-bond donors (Lipinski definition) is 1. The molecule has 4 heterocycles. The number of ether oxygens (including phenoxy) is 3. The first kappa shape index (κ1) is 21.5. The summed E-state index contributed by atoms with van der Waals surface area (Å²) in [4.78, 5) is 9.62. The highest BCUT2D eigenvalue weighted by Gasteiger charge is 2.22. The third-order valence-corrected chi connectivity index (χ3v) is 6.87. The Bertz CT molecular complexity index is 1170. The van der Waals surface area contributed by atoms with E-state index in [1.165, 1.54) is 5.69 Å². The van der Waals surface area contributed by atoms with Gasteiger partial charge in [-0.05, 0) is 29.8 Å². The molecule has 0 amide bonds.